The van der Waals surface area contributed by atoms with E-state index in [2.05, 4.69) is 138 Å². The summed E-state index contributed by atoms with van der Waals surface area (Å²) in [6.45, 7) is 0. The molecule has 5 heteroatoms. The van der Waals surface area contributed by atoms with Gasteiger partial charge in [-0.05, 0) is 48.5 Å². The maximum atomic E-state index is 6.82. The predicted molar refractivity (Wildman–Crippen MR) is 205 cm³/mol. The summed E-state index contributed by atoms with van der Waals surface area (Å²) in [6, 6.07) is 53.2. The fraction of sp³-hybridized carbons (Fsp3) is 0. The molecule has 0 saturated heterocycles. The van der Waals surface area contributed by atoms with Crippen molar-refractivity contribution in [2.75, 3.05) is 0 Å². The van der Waals surface area contributed by atoms with Crippen LogP contribution < -0.4 is 0 Å². The Kier molecular flexibility index (Phi) is 5.51. The van der Waals surface area contributed by atoms with Crippen LogP contribution in [0.15, 0.2) is 156 Å². The van der Waals surface area contributed by atoms with E-state index in [1.807, 2.05) is 29.5 Å². The first-order valence-corrected chi connectivity index (χ1v) is 17.2. The summed E-state index contributed by atoms with van der Waals surface area (Å²) in [4.78, 5) is 10.1. The molecule has 4 aromatic heterocycles. The highest BCUT2D eigenvalue weighted by Crippen LogP contribution is 2.50. The predicted octanol–water partition coefficient (Wildman–Crippen LogP) is 12.3. The minimum absolute atomic E-state index is 0.706. The smallest absolute Gasteiger partial charge is 0.161 e. The van der Waals surface area contributed by atoms with Gasteiger partial charge in [0.05, 0.1) is 22.2 Å². The molecule has 0 radical (unpaired) electrons. The number of thiophene rings is 1. The molecule has 0 atom stereocenters. The van der Waals surface area contributed by atoms with Crippen molar-refractivity contribution in [2.24, 2.45) is 0 Å². The van der Waals surface area contributed by atoms with Crippen LogP contribution in [0, 0.1) is 0 Å². The maximum Gasteiger partial charge on any atom is 0.161 e. The van der Waals surface area contributed by atoms with Crippen molar-refractivity contribution in [2.45, 2.75) is 0 Å². The summed E-state index contributed by atoms with van der Waals surface area (Å²) in [6.07, 6.45) is 0. The third kappa shape index (κ3) is 3.79. The molecule has 49 heavy (non-hydrogen) atoms. The van der Waals surface area contributed by atoms with E-state index in [0.29, 0.717) is 5.82 Å². The Morgan fingerprint density at radius 3 is 2.06 bits per heavy atom. The zero-order valence-electron chi connectivity index (χ0n) is 26.1. The lowest BCUT2D eigenvalue weighted by atomic mass is 10.0. The van der Waals surface area contributed by atoms with Crippen LogP contribution in [0.1, 0.15) is 0 Å². The fourth-order valence-electron chi connectivity index (χ4n) is 7.66. The molecule has 11 rings (SSSR count). The third-order valence-corrected chi connectivity index (χ3v) is 11.0. The molecule has 0 amide bonds. The van der Waals surface area contributed by atoms with Crippen LogP contribution >= 0.6 is 11.3 Å². The SMILES string of the molecule is c1ccc(-c2nc(-c3ccc(-n4c5ccccc5c5c6c7ccccc7sc6c6c7ccccc7oc6c54)cc3)nc3ccccc23)cc1. The first kappa shape index (κ1) is 26.7. The van der Waals surface area contributed by atoms with Gasteiger partial charge in [-0.1, -0.05) is 103 Å². The van der Waals surface area contributed by atoms with E-state index in [0.717, 1.165) is 61.0 Å². The summed E-state index contributed by atoms with van der Waals surface area (Å²) in [5.41, 5.74) is 9.01. The summed E-state index contributed by atoms with van der Waals surface area (Å²) >= 11 is 1.86. The van der Waals surface area contributed by atoms with Crippen LogP contribution in [-0.2, 0) is 0 Å². The highest BCUT2D eigenvalue weighted by Gasteiger charge is 2.25. The molecule has 0 spiro atoms. The van der Waals surface area contributed by atoms with E-state index in [4.69, 9.17) is 14.4 Å². The standard InChI is InChI=1S/C44H25N3OS/c1-2-12-26(13-3-1)40-29-14-4-8-18-33(29)45-44(46-40)27-22-24-28(25-23-27)47-34-19-9-5-15-30(34)37-38-32-17-7-11-21-36(32)49-43(38)39-31-16-6-10-20-35(31)48-42(39)41(37)47/h1-25H. The lowest BCUT2D eigenvalue weighted by molar-refractivity contribution is 0.671. The quantitative estimate of drug-likeness (QED) is 0.192. The minimum Gasteiger partial charge on any atom is -0.454 e. The van der Waals surface area contributed by atoms with Crippen LogP contribution in [0.2, 0.25) is 0 Å². The Bertz CT molecular complexity index is 3100. The molecule has 7 aromatic carbocycles. The highest BCUT2D eigenvalue weighted by atomic mass is 32.1. The number of benzene rings is 7. The molecule has 0 aliphatic rings. The van der Waals surface area contributed by atoms with E-state index < -0.39 is 0 Å². The number of nitrogens with zero attached hydrogens (tertiary/aromatic N) is 3. The third-order valence-electron chi connectivity index (χ3n) is 9.79. The molecular weight excluding hydrogens is 619 g/mol. The van der Waals surface area contributed by atoms with Gasteiger partial charge in [0, 0.05) is 63.9 Å². The molecule has 0 fully saturated rings. The molecule has 4 heterocycles. The molecule has 228 valence electrons. The van der Waals surface area contributed by atoms with Crippen molar-refractivity contribution in [3.8, 4) is 28.3 Å². The lowest BCUT2D eigenvalue weighted by Gasteiger charge is -2.11. The zero-order chi connectivity index (χ0) is 32.1. The highest BCUT2D eigenvalue weighted by molar-refractivity contribution is 7.27. The molecular formula is C44H25N3OS. The van der Waals surface area contributed by atoms with Crippen molar-refractivity contribution in [3.05, 3.63) is 152 Å². The Labute approximate surface area is 284 Å². The Morgan fingerprint density at radius 2 is 1.20 bits per heavy atom. The van der Waals surface area contributed by atoms with Crippen LogP contribution in [0.4, 0.5) is 0 Å². The van der Waals surface area contributed by atoms with Crippen molar-refractivity contribution in [1.29, 1.82) is 0 Å². The van der Waals surface area contributed by atoms with Gasteiger partial charge in [-0.2, -0.15) is 0 Å². The number of fused-ring (bicyclic) bond motifs is 13. The number of aromatic nitrogens is 3. The average molecular weight is 644 g/mol. The second-order valence-corrected chi connectivity index (χ2v) is 13.6. The van der Waals surface area contributed by atoms with Crippen molar-refractivity contribution in [3.63, 3.8) is 0 Å². The Hall–Kier alpha value is -6.30. The second kappa shape index (κ2) is 10.1. The molecule has 4 nitrogen and oxygen atoms in total. The largest absolute Gasteiger partial charge is 0.454 e. The van der Waals surface area contributed by atoms with Gasteiger partial charge in [0.1, 0.15) is 5.58 Å². The number of para-hydroxylation sites is 3. The Balaban J connectivity index is 1.20. The topological polar surface area (TPSA) is 43.9 Å². The average Bonchev–Trinajstić information content (AvgIpc) is 3.85. The van der Waals surface area contributed by atoms with Gasteiger partial charge in [-0.25, -0.2) is 9.97 Å². The number of furan rings is 1. The van der Waals surface area contributed by atoms with Crippen LogP contribution in [0.25, 0.3) is 103 Å². The number of rotatable bonds is 3. The van der Waals surface area contributed by atoms with Gasteiger partial charge in [-0.15, -0.1) is 11.3 Å². The molecule has 0 aliphatic carbocycles. The molecule has 0 N–H and O–H groups in total. The Morgan fingerprint density at radius 1 is 0.510 bits per heavy atom. The molecule has 11 aromatic rings. The summed E-state index contributed by atoms with van der Waals surface area (Å²) in [5, 5.41) is 8.37. The number of hydrogen-bond acceptors (Lipinski definition) is 4. The normalized spacial score (nSPS) is 12.1. The summed E-state index contributed by atoms with van der Waals surface area (Å²) < 4.78 is 11.7. The first-order valence-electron chi connectivity index (χ1n) is 16.4. The van der Waals surface area contributed by atoms with Gasteiger partial charge in [0.25, 0.3) is 0 Å². The van der Waals surface area contributed by atoms with Crippen LogP contribution in [0.5, 0.6) is 0 Å². The van der Waals surface area contributed by atoms with Gasteiger partial charge in [0.15, 0.2) is 11.4 Å². The van der Waals surface area contributed by atoms with E-state index in [-0.39, 0.29) is 0 Å². The molecule has 0 saturated carbocycles. The zero-order valence-corrected chi connectivity index (χ0v) is 26.9. The van der Waals surface area contributed by atoms with Crippen LogP contribution in [0.3, 0.4) is 0 Å². The molecule has 0 unspecified atom stereocenters. The second-order valence-electron chi connectivity index (χ2n) is 12.5. The molecule has 0 aliphatic heterocycles. The summed E-state index contributed by atoms with van der Waals surface area (Å²) in [5.74, 6) is 0.706. The van der Waals surface area contributed by atoms with Gasteiger partial charge >= 0.3 is 0 Å². The van der Waals surface area contributed by atoms with E-state index in [9.17, 15) is 0 Å². The van der Waals surface area contributed by atoms with E-state index >= 15 is 0 Å². The van der Waals surface area contributed by atoms with Crippen molar-refractivity contribution >= 4 is 86.2 Å². The monoisotopic (exact) mass is 643 g/mol. The number of hydrogen-bond donors (Lipinski definition) is 0. The molecule has 0 bridgehead atoms. The first-order chi connectivity index (χ1) is 24.3. The maximum absolute atomic E-state index is 6.82. The van der Waals surface area contributed by atoms with Gasteiger partial charge in [-0.3, -0.25) is 0 Å². The van der Waals surface area contributed by atoms with E-state index in [1.165, 1.54) is 36.3 Å². The van der Waals surface area contributed by atoms with E-state index in [1.54, 1.807) is 0 Å². The lowest BCUT2D eigenvalue weighted by Crippen LogP contribution is -1.97. The van der Waals surface area contributed by atoms with Crippen molar-refractivity contribution < 1.29 is 4.42 Å². The van der Waals surface area contributed by atoms with Gasteiger partial charge < -0.3 is 8.98 Å². The fourth-order valence-corrected chi connectivity index (χ4v) is 8.93. The van der Waals surface area contributed by atoms with Crippen molar-refractivity contribution in [1.82, 2.24) is 14.5 Å². The summed E-state index contributed by atoms with van der Waals surface area (Å²) in [7, 11) is 0. The minimum atomic E-state index is 0.706. The van der Waals surface area contributed by atoms with Crippen LogP contribution in [-0.4, -0.2) is 14.5 Å². The van der Waals surface area contributed by atoms with Gasteiger partial charge in [0.2, 0.25) is 0 Å².